The lowest BCUT2D eigenvalue weighted by molar-refractivity contribution is -0.115. The van der Waals surface area contributed by atoms with Crippen LogP contribution in [-0.2, 0) is 4.79 Å². The monoisotopic (exact) mass is 341 g/mol. The van der Waals surface area contributed by atoms with Gasteiger partial charge in [-0.3, -0.25) is 4.79 Å². The Bertz CT molecular complexity index is 637. The minimum Gasteiger partial charge on any atom is -0.331 e. The fraction of sp³-hybridized carbons (Fsp3) is 0.500. The molecule has 0 saturated carbocycles. The number of allylic oxidation sites excluding steroid dienone is 2. The molecule has 25 heavy (non-hydrogen) atoms. The van der Waals surface area contributed by atoms with Gasteiger partial charge in [-0.2, -0.15) is 0 Å². The minimum absolute atomic E-state index is 0.000841. The second kappa shape index (κ2) is 7.72. The average Bonchev–Trinajstić information content (AvgIpc) is 3.06. The van der Waals surface area contributed by atoms with Gasteiger partial charge in [0.2, 0.25) is 5.91 Å². The van der Waals surface area contributed by atoms with Crippen LogP contribution in [0.1, 0.15) is 44.7 Å². The molecule has 134 valence electrons. The van der Waals surface area contributed by atoms with Crippen LogP contribution in [0.25, 0.3) is 0 Å². The van der Waals surface area contributed by atoms with Crippen molar-refractivity contribution >= 4 is 17.6 Å². The highest BCUT2D eigenvalue weighted by Gasteiger charge is 2.35. The van der Waals surface area contributed by atoms with Crippen molar-refractivity contribution < 1.29 is 9.59 Å². The molecule has 2 N–H and O–H groups in total. The molecule has 5 heteroatoms. The maximum absolute atomic E-state index is 12.6. The molecule has 3 rings (SSSR count). The quantitative estimate of drug-likeness (QED) is 0.820. The predicted octanol–water partition coefficient (Wildman–Crippen LogP) is 3.70. The van der Waals surface area contributed by atoms with Gasteiger partial charge < -0.3 is 15.5 Å². The Labute approximate surface area is 149 Å². The van der Waals surface area contributed by atoms with Gasteiger partial charge in [0.15, 0.2) is 0 Å². The summed E-state index contributed by atoms with van der Waals surface area (Å²) in [6, 6.07) is 7.60. The Balaban J connectivity index is 1.54. The number of amides is 3. The Morgan fingerprint density at radius 2 is 1.72 bits per heavy atom. The van der Waals surface area contributed by atoms with Gasteiger partial charge in [-0.1, -0.05) is 31.2 Å². The van der Waals surface area contributed by atoms with E-state index >= 15 is 0 Å². The number of benzene rings is 1. The number of fused-ring (bicyclic) bond motifs is 1. The van der Waals surface area contributed by atoms with Crippen molar-refractivity contribution in [2.24, 2.45) is 11.8 Å². The van der Waals surface area contributed by atoms with Gasteiger partial charge in [0.1, 0.15) is 0 Å². The molecule has 1 aromatic rings. The molecule has 1 heterocycles. The molecule has 1 aromatic carbocycles. The maximum atomic E-state index is 12.6. The van der Waals surface area contributed by atoms with Crippen LogP contribution in [0.3, 0.4) is 0 Å². The standard InChI is InChI=1S/C20H27N3O2/c1-3-19(24)22-18-10-8-15(9-11-18)14(2)21-20(25)23-12-16-6-4-5-7-17(16)13-23/h4-5,8-11,14,16-17H,3,6-7,12-13H2,1-2H3,(H,21,25)(H,22,24)/t14-,16+,17+/m0/s1. The van der Waals surface area contributed by atoms with E-state index in [0.29, 0.717) is 18.3 Å². The van der Waals surface area contributed by atoms with Crippen molar-refractivity contribution in [2.75, 3.05) is 18.4 Å². The van der Waals surface area contributed by atoms with Crippen molar-refractivity contribution in [3.8, 4) is 0 Å². The highest BCUT2D eigenvalue weighted by Crippen LogP contribution is 2.32. The summed E-state index contributed by atoms with van der Waals surface area (Å²) in [7, 11) is 0. The molecule has 0 unspecified atom stereocenters. The van der Waals surface area contributed by atoms with Gasteiger partial charge in [-0.15, -0.1) is 0 Å². The number of nitrogens with zero attached hydrogens (tertiary/aromatic N) is 1. The lowest BCUT2D eigenvalue weighted by atomic mass is 9.86. The molecule has 0 bridgehead atoms. The third-order valence-corrected chi connectivity index (χ3v) is 5.26. The second-order valence-corrected chi connectivity index (χ2v) is 7.06. The van der Waals surface area contributed by atoms with E-state index in [2.05, 4.69) is 22.8 Å². The van der Waals surface area contributed by atoms with Crippen LogP contribution in [0.2, 0.25) is 0 Å². The predicted molar refractivity (Wildman–Crippen MR) is 99.2 cm³/mol. The first-order chi connectivity index (χ1) is 12.1. The van der Waals surface area contributed by atoms with Gasteiger partial charge in [0.05, 0.1) is 6.04 Å². The summed E-state index contributed by atoms with van der Waals surface area (Å²) in [5, 5.41) is 5.93. The van der Waals surface area contributed by atoms with E-state index in [4.69, 9.17) is 0 Å². The first-order valence-electron chi connectivity index (χ1n) is 9.17. The van der Waals surface area contributed by atoms with E-state index in [1.54, 1.807) is 0 Å². The molecule has 1 fully saturated rings. The van der Waals surface area contributed by atoms with Crippen LogP contribution >= 0.6 is 0 Å². The van der Waals surface area contributed by atoms with E-state index in [9.17, 15) is 9.59 Å². The number of nitrogens with one attached hydrogen (secondary N) is 2. The van der Waals surface area contributed by atoms with Gasteiger partial charge in [-0.05, 0) is 49.3 Å². The van der Waals surface area contributed by atoms with Crippen LogP contribution in [0.5, 0.6) is 0 Å². The van der Waals surface area contributed by atoms with Crippen LogP contribution in [0, 0.1) is 11.8 Å². The van der Waals surface area contributed by atoms with E-state index in [-0.39, 0.29) is 18.0 Å². The summed E-state index contributed by atoms with van der Waals surface area (Å²) in [4.78, 5) is 25.9. The summed E-state index contributed by atoms with van der Waals surface area (Å²) < 4.78 is 0. The molecule has 3 atom stereocenters. The summed E-state index contributed by atoms with van der Waals surface area (Å²) in [5.74, 6) is 1.24. The topological polar surface area (TPSA) is 61.4 Å². The lowest BCUT2D eigenvalue weighted by Crippen LogP contribution is -2.39. The number of likely N-dealkylation sites (tertiary alicyclic amines) is 1. The number of anilines is 1. The highest BCUT2D eigenvalue weighted by molar-refractivity contribution is 5.90. The average molecular weight is 341 g/mol. The van der Waals surface area contributed by atoms with Crippen LogP contribution < -0.4 is 10.6 Å². The van der Waals surface area contributed by atoms with Gasteiger partial charge >= 0.3 is 6.03 Å². The van der Waals surface area contributed by atoms with Crippen molar-refractivity contribution in [2.45, 2.75) is 39.2 Å². The van der Waals surface area contributed by atoms with Gasteiger partial charge in [0.25, 0.3) is 0 Å². The Kier molecular flexibility index (Phi) is 5.41. The van der Waals surface area contributed by atoms with E-state index < -0.39 is 0 Å². The van der Waals surface area contributed by atoms with E-state index in [1.807, 2.05) is 43.0 Å². The van der Waals surface area contributed by atoms with Crippen LogP contribution in [-0.4, -0.2) is 29.9 Å². The zero-order valence-electron chi connectivity index (χ0n) is 15.0. The van der Waals surface area contributed by atoms with Crippen molar-refractivity contribution in [1.29, 1.82) is 0 Å². The first kappa shape index (κ1) is 17.5. The summed E-state index contributed by atoms with van der Waals surface area (Å²) in [6.45, 7) is 5.53. The number of hydrogen-bond acceptors (Lipinski definition) is 2. The minimum atomic E-state index is -0.0656. The molecule has 0 spiro atoms. The van der Waals surface area contributed by atoms with Crippen molar-refractivity contribution in [3.05, 3.63) is 42.0 Å². The van der Waals surface area contributed by atoms with E-state index in [1.165, 1.54) is 0 Å². The molecule has 5 nitrogen and oxygen atoms in total. The molecule has 1 saturated heterocycles. The number of carbonyl (C=O) groups excluding carboxylic acids is 2. The van der Waals surface area contributed by atoms with Gasteiger partial charge in [0, 0.05) is 25.2 Å². The molecule has 0 radical (unpaired) electrons. The van der Waals surface area contributed by atoms with E-state index in [0.717, 1.165) is 37.2 Å². The smallest absolute Gasteiger partial charge is 0.317 e. The molecular formula is C20H27N3O2. The number of rotatable bonds is 4. The summed E-state index contributed by atoms with van der Waals surface area (Å²) >= 11 is 0. The SMILES string of the molecule is CCC(=O)Nc1ccc([C@H](C)NC(=O)N2C[C@H]3CC=CC[C@@H]3C2)cc1. The highest BCUT2D eigenvalue weighted by atomic mass is 16.2. The van der Waals surface area contributed by atoms with Crippen LogP contribution in [0.15, 0.2) is 36.4 Å². The summed E-state index contributed by atoms with van der Waals surface area (Å²) in [5.41, 5.74) is 1.81. The Hall–Kier alpha value is -2.30. The van der Waals surface area contributed by atoms with Crippen LogP contribution in [0.4, 0.5) is 10.5 Å². The molecule has 0 aromatic heterocycles. The first-order valence-corrected chi connectivity index (χ1v) is 9.17. The number of urea groups is 1. The normalized spacial score (nSPS) is 23.0. The zero-order valence-corrected chi connectivity index (χ0v) is 15.0. The molecule has 2 aliphatic rings. The van der Waals surface area contributed by atoms with Crippen molar-refractivity contribution in [1.82, 2.24) is 10.2 Å². The van der Waals surface area contributed by atoms with Gasteiger partial charge in [-0.25, -0.2) is 4.79 Å². The fourth-order valence-electron chi connectivity index (χ4n) is 3.64. The molecule has 3 amide bonds. The molecular weight excluding hydrogens is 314 g/mol. The fourth-order valence-corrected chi connectivity index (χ4v) is 3.64. The molecule has 1 aliphatic heterocycles. The maximum Gasteiger partial charge on any atom is 0.317 e. The third-order valence-electron chi connectivity index (χ3n) is 5.26. The third kappa shape index (κ3) is 4.21. The second-order valence-electron chi connectivity index (χ2n) is 7.06. The number of hydrogen-bond donors (Lipinski definition) is 2. The Morgan fingerprint density at radius 3 is 2.28 bits per heavy atom. The van der Waals surface area contributed by atoms with Crippen molar-refractivity contribution in [3.63, 3.8) is 0 Å². The number of carbonyl (C=O) groups is 2. The largest absolute Gasteiger partial charge is 0.331 e. The lowest BCUT2D eigenvalue weighted by Gasteiger charge is -2.21. The zero-order chi connectivity index (χ0) is 17.8. The summed E-state index contributed by atoms with van der Waals surface area (Å²) in [6.07, 6.45) is 7.12. The molecule has 1 aliphatic carbocycles. The Morgan fingerprint density at radius 1 is 1.12 bits per heavy atom.